The summed E-state index contributed by atoms with van der Waals surface area (Å²) >= 11 is 0. The highest BCUT2D eigenvalue weighted by Gasteiger charge is 2.09. The molecule has 17 heavy (non-hydrogen) atoms. The molecule has 0 radical (unpaired) electrons. The third kappa shape index (κ3) is 1.60. The molecule has 2 aromatic rings. The van der Waals surface area contributed by atoms with Crippen molar-refractivity contribution in [2.45, 2.75) is 0 Å². The number of hydrogen-bond acceptors (Lipinski definition) is 4. The van der Waals surface area contributed by atoms with E-state index in [0.29, 0.717) is 10.9 Å². The molecule has 1 N–H and O–H groups in total. The fraction of sp³-hybridized carbons (Fsp3) is 0.250. The molecule has 0 spiro atoms. The lowest BCUT2D eigenvalue weighted by atomic mass is 10.1. The van der Waals surface area contributed by atoms with E-state index < -0.39 is 0 Å². The predicted molar refractivity (Wildman–Crippen MR) is 66.4 cm³/mol. The highest BCUT2D eigenvalue weighted by Crippen LogP contribution is 2.11. The van der Waals surface area contributed by atoms with Crippen molar-refractivity contribution in [1.29, 1.82) is 0 Å². The second-order valence-corrected chi connectivity index (χ2v) is 4.05. The Morgan fingerprint density at radius 2 is 2.29 bits per heavy atom. The summed E-state index contributed by atoms with van der Waals surface area (Å²) in [5.41, 5.74) is 1.67. The molecule has 0 unspecified atom stereocenters. The van der Waals surface area contributed by atoms with E-state index >= 15 is 0 Å². The number of benzene rings is 1. The Morgan fingerprint density at radius 1 is 1.41 bits per heavy atom. The van der Waals surface area contributed by atoms with E-state index in [1.807, 2.05) is 18.2 Å². The summed E-state index contributed by atoms with van der Waals surface area (Å²) in [6, 6.07) is 5.61. The zero-order chi connectivity index (χ0) is 11.8. The Balaban J connectivity index is 2.20. The Hall–Kier alpha value is -2.17. The third-order valence-electron chi connectivity index (χ3n) is 2.87. The fourth-order valence-corrected chi connectivity index (χ4v) is 1.95. The molecule has 1 aromatic heterocycles. The van der Waals surface area contributed by atoms with Gasteiger partial charge in [-0.05, 0) is 12.1 Å². The van der Waals surface area contributed by atoms with Crippen LogP contribution in [0.2, 0.25) is 0 Å². The Bertz CT molecular complexity index is 672. The van der Waals surface area contributed by atoms with Crippen molar-refractivity contribution in [3.63, 3.8) is 0 Å². The minimum atomic E-state index is -0.0251. The topological polar surface area (TPSA) is 59.3 Å². The lowest BCUT2D eigenvalue weighted by molar-refractivity contribution is 0.843. The van der Waals surface area contributed by atoms with Crippen molar-refractivity contribution in [3.8, 4) is 0 Å². The van der Waals surface area contributed by atoms with Gasteiger partial charge in [0.05, 0.1) is 23.8 Å². The number of aromatic nitrogens is 2. The first-order valence-corrected chi connectivity index (χ1v) is 5.50. The molecule has 0 bridgehead atoms. The van der Waals surface area contributed by atoms with E-state index in [2.05, 4.69) is 15.3 Å². The van der Waals surface area contributed by atoms with Gasteiger partial charge in [0.25, 0.3) is 5.56 Å². The number of nitrogens with zero attached hydrogens (tertiary/aromatic N) is 3. The minimum absolute atomic E-state index is 0.0251. The smallest absolute Gasteiger partial charge is 0.260 e. The highest BCUT2D eigenvalue weighted by molar-refractivity contribution is 6.02. The van der Waals surface area contributed by atoms with Crippen LogP contribution in [0.15, 0.2) is 34.3 Å². The molecule has 0 saturated heterocycles. The average Bonchev–Trinajstić information content (AvgIpc) is 2.87. The number of nitrogens with one attached hydrogen (secondary N) is 1. The van der Waals surface area contributed by atoms with Gasteiger partial charge < -0.3 is 9.88 Å². The van der Waals surface area contributed by atoms with E-state index in [1.54, 1.807) is 13.4 Å². The molecular weight excluding hydrogens is 216 g/mol. The number of hydrogen-bond donors (Lipinski definition) is 1. The first kappa shape index (κ1) is 10.0. The quantitative estimate of drug-likeness (QED) is 0.763. The van der Waals surface area contributed by atoms with Gasteiger partial charge >= 0.3 is 0 Å². The van der Waals surface area contributed by atoms with Crippen LogP contribution < -0.4 is 10.9 Å². The number of rotatable bonds is 1. The molecule has 0 saturated carbocycles. The third-order valence-corrected chi connectivity index (χ3v) is 2.87. The van der Waals surface area contributed by atoms with Crippen molar-refractivity contribution in [3.05, 3.63) is 40.4 Å². The summed E-state index contributed by atoms with van der Waals surface area (Å²) in [7, 11) is 1.70. The summed E-state index contributed by atoms with van der Waals surface area (Å²) in [5, 5.41) is 3.84. The SMILES string of the molecule is Cn1cnc2cc(C3=NCCN3)ccc2c1=O. The first-order chi connectivity index (χ1) is 8.25. The van der Waals surface area contributed by atoms with Gasteiger partial charge in [0, 0.05) is 19.2 Å². The van der Waals surface area contributed by atoms with Crippen molar-refractivity contribution in [1.82, 2.24) is 14.9 Å². The maximum atomic E-state index is 11.8. The summed E-state index contributed by atoms with van der Waals surface area (Å²) in [5.74, 6) is 0.884. The number of fused-ring (bicyclic) bond motifs is 1. The van der Waals surface area contributed by atoms with Crippen LogP contribution >= 0.6 is 0 Å². The molecule has 0 fully saturated rings. The van der Waals surface area contributed by atoms with Crippen LogP contribution in [0.1, 0.15) is 5.56 Å². The zero-order valence-corrected chi connectivity index (χ0v) is 9.47. The molecule has 0 atom stereocenters. The van der Waals surface area contributed by atoms with Crippen LogP contribution in [0.25, 0.3) is 10.9 Å². The lowest BCUT2D eigenvalue weighted by Gasteiger charge is -2.04. The molecule has 86 valence electrons. The maximum Gasteiger partial charge on any atom is 0.260 e. The molecule has 5 nitrogen and oxygen atoms in total. The lowest BCUT2D eigenvalue weighted by Crippen LogP contribution is -2.20. The van der Waals surface area contributed by atoms with Crippen LogP contribution in [0.4, 0.5) is 0 Å². The molecular formula is C12H12N4O. The molecule has 1 aromatic carbocycles. The molecule has 3 rings (SSSR count). The van der Waals surface area contributed by atoms with Crippen LogP contribution in [0, 0.1) is 0 Å². The van der Waals surface area contributed by atoms with Gasteiger partial charge in [-0.25, -0.2) is 4.98 Å². The van der Waals surface area contributed by atoms with Crippen molar-refractivity contribution >= 4 is 16.7 Å². The van der Waals surface area contributed by atoms with Gasteiger partial charge in [-0.3, -0.25) is 9.79 Å². The standard InChI is InChI=1S/C12H12N4O/c1-16-7-15-10-6-8(11-13-4-5-14-11)2-3-9(10)12(16)17/h2-3,6-7H,4-5H2,1H3,(H,13,14). The molecule has 1 aliphatic rings. The zero-order valence-electron chi connectivity index (χ0n) is 9.47. The molecule has 2 heterocycles. The largest absolute Gasteiger partial charge is 0.368 e. The minimum Gasteiger partial charge on any atom is -0.368 e. The summed E-state index contributed by atoms with van der Waals surface area (Å²) in [6.07, 6.45) is 1.54. The number of aryl methyl sites for hydroxylation is 1. The monoisotopic (exact) mass is 228 g/mol. The number of aliphatic imine (C=N–C) groups is 1. The van der Waals surface area contributed by atoms with E-state index in [0.717, 1.165) is 24.5 Å². The van der Waals surface area contributed by atoms with Crippen LogP contribution in [0.5, 0.6) is 0 Å². The molecule has 5 heteroatoms. The van der Waals surface area contributed by atoms with Gasteiger partial charge in [0.15, 0.2) is 0 Å². The number of amidine groups is 1. The second kappa shape index (κ2) is 3.69. The van der Waals surface area contributed by atoms with Gasteiger partial charge in [0.1, 0.15) is 5.84 Å². The second-order valence-electron chi connectivity index (χ2n) is 4.05. The van der Waals surface area contributed by atoms with Crippen molar-refractivity contribution in [2.75, 3.05) is 13.1 Å². The van der Waals surface area contributed by atoms with E-state index in [-0.39, 0.29) is 5.56 Å². The molecule has 0 aliphatic carbocycles. The predicted octanol–water partition coefficient (Wildman–Crippen LogP) is 0.283. The van der Waals surface area contributed by atoms with Crippen LogP contribution in [-0.2, 0) is 7.05 Å². The van der Waals surface area contributed by atoms with Crippen LogP contribution in [0.3, 0.4) is 0 Å². The van der Waals surface area contributed by atoms with Gasteiger partial charge in [-0.2, -0.15) is 0 Å². The highest BCUT2D eigenvalue weighted by atomic mass is 16.1. The Labute approximate surface area is 97.8 Å². The molecule has 0 amide bonds. The van der Waals surface area contributed by atoms with E-state index in [1.165, 1.54) is 4.57 Å². The van der Waals surface area contributed by atoms with E-state index in [9.17, 15) is 4.79 Å². The van der Waals surface area contributed by atoms with Gasteiger partial charge in [-0.1, -0.05) is 6.07 Å². The van der Waals surface area contributed by atoms with Crippen LogP contribution in [-0.4, -0.2) is 28.5 Å². The fourth-order valence-electron chi connectivity index (χ4n) is 1.95. The van der Waals surface area contributed by atoms with E-state index in [4.69, 9.17) is 0 Å². The molecule has 1 aliphatic heterocycles. The summed E-state index contributed by atoms with van der Waals surface area (Å²) < 4.78 is 1.48. The Kier molecular flexibility index (Phi) is 2.18. The van der Waals surface area contributed by atoms with Gasteiger partial charge in [-0.15, -0.1) is 0 Å². The normalized spacial score (nSPS) is 14.8. The summed E-state index contributed by atoms with van der Waals surface area (Å²) in [6.45, 7) is 1.68. The first-order valence-electron chi connectivity index (χ1n) is 5.50. The average molecular weight is 228 g/mol. The Morgan fingerprint density at radius 3 is 3.06 bits per heavy atom. The van der Waals surface area contributed by atoms with Crippen molar-refractivity contribution in [2.24, 2.45) is 12.0 Å². The summed E-state index contributed by atoms with van der Waals surface area (Å²) in [4.78, 5) is 20.4. The van der Waals surface area contributed by atoms with Gasteiger partial charge in [0.2, 0.25) is 0 Å². The van der Waals surface area contributed by atoms with Crippen molar-refractivity contribution < 1.29 is 0 Å². The maximum absolute atomic E-state index is 11.8.